The Balaban J connectivity index is 2.09. The van der Waals surface area contributed by atoms with E-state index >= 15 is 0 Å². The van der Waals surface area contributed by atoms with Gasteiger partial charge in [0, 0.05) is 22.5 Å². The number of rotatable bonds is 4. The van der Waals surface area contributed by atoms with Crippen LogP contribution in [0.5, 0.6) is 11.5 Å². The van der Waals surface area contributed by atoms with Gasteiger partial charge >= 0.3 is 0 Å². The fourth-order valence-electron chi connectivity index (χ4n) is 2.37. The van der Waals surface area contributed by atoms with Crippen molar-refractivity contribution in [2.75, 3.05) is 14.2 Å². The number of aromatic hydroxyl groups is 1. The fraction of sp³-hybridized carbons (Fsp3) is 0.111. The number of methoxy groups -OCH3 is 1. The smallest absolute Gasteiger partial charge is 0.205 e. The molecular weight excluding hydrogens is 482 g/mol. The average molecular weight is 497 g/mol. The van der Waals surface area contributed by atoms with Gasteiger partial charge in [-0.25, -0.2) is 4.68 Å². The third-order valence-corrected chi connectivity index (χ3v) is 5.82. The largest absolute Gasteiger partial charge is 0.503 e. The van der Waals surface area contributed by atoms with Crippen LogP contribution in [0.25, 0.3) is 11.3 Å². The number of phenolic OH excluding ortho intramolecular Hbond substituents is 1. The van der Waals surface area contributed by atoms with Gasteiger partial charge in [0.2, 0.25) is 4.80 Å². The summed E-state index contributed by atoms with van der Waals surface area (Å²) in [5.74, 6) is 0.438. The number of nitrogens with zero attached hydrogens (tertiary/aromatic N) is 3. The summed E-state index contributed by atoms with van der Waals surface area (Å²) in [6, 6.07) is 11.5. The first kappa shape index (κ1) is 18.9. The summed E-state index contributed by atoms with van der Waals surface area (Å²) in [4.78, 5) is 5.08. The molecule has 26 heavy (non-hydrogen) atoms. The number of benzene rings is 2. The van der Waals surface area contributed by atoms with E-state index in [1.165, 1.54) is 18.4 Å². The number of aromatic nitrogens is 1. The van der Waals surface area contributed by atoms with Crippen LogP contribution < -0.4 is 9.54 Å². The number of phenols is 1. The maximum Gasteiger partial charge on any atom is 0.205 e. The minimum absolute atomic E-state index is 0.0611. The highest BCUT2D eigenvalue weighted by Crippen LogP contribution is 2.34. The maximum atomic E-state index is 9.94. The first-order chi connectivity index (χ1) is 12.5. The Morgan fingerprint density at radius 3 is 2.65 bits per heavy atom. The molecule has 134 valence electrons. The number of hydrogen-bond donors (Lipinski definition) is 1. The van der Waals surface area contributed by atoms with Crippen molar-refractivity contribution < 1.29 is 9.84 Å². The van der Waals surface area contributed by atoms with Crippen LogP contribution in [-0.2, 0) is 0 Å². The molecule has 3 rings (SSSR count). The molecule has 0 radical (unpaired) electrons. The van der Waals surface area contributed by atoms with Crippen molar-refractivity contribution >= 4 is 49.4 Å². The van der Waals surface area contributed by atoms with Crippen molar-refractivity contribution in [3.05, 3.63) is 61.1 Å². The Bertz CT molecular complexity index is 1040. The number of thiazole rings is 1. The second-order valence-corrected chi connectivity index (χ2v) is 7.76. The number of hydrogen-bond acceptors (Lipinski definition) is 5. The zero-order valence-electron chi connectivity index (χ0n) is 14.0. The highest BCUT2D eigenvalue weighted by molar-refractivity contribution is 9.11. The first-order valence-corrected chi connectivity index (χ1v) is 10.0. The van der Waals surface area contributed by atoms with Crippen molar-refractivity contribution in [1.29, 1.82) is 0 Å². The van der Waals surface area contributed by atoms with Crippen LogP contribution in [0.3, 0.4) is 0 Å². The third kappa shape index (κ3) is 3.77. The molecule has 0 aliphatic rings. The molecule has 5 nitrogen and oxygen atoms in total. The molecule has 1 N–H and O–H groups in total. The van der Waals surface area contributed by atoms with E-state index in [2.05, 4.69) is 42.0 Å². The van der Waals surface area contributed by atoms with Crippen molar-refractivity contribution in [2.45, 2.75) is 0 Å². The van der Waals surface area contributed by atoms with E-state index in [9.17, 15) is 5.11 Å². The standard InChI is InChI=1S/C18H15Br2N3O2S/c1-21-18-23(15(10-26-18)12-5-3-4-6-13(12)19)22-9-11-7-14(20)17(24)16(8-11)25-2/h3-10,24H,1-2H3. The Labute approximate surface area is 171 Å². The van der Waals surface area contributed by atoms with E-state index in [-0.39, 0.29) is 5.75 Å². The van der Waals surface area contributed by atoms with Crippen LogP contribution in [0.2, 0.25) is 0 Å². The Morgan fingerprint density at radius 2 is 1.96 bits per heavy atom. The second-order valence-electron chi connectivity index (χ2n) is 5.22. The van der Waals surface area contributed by atoms with Gasteiger partial charge in [0.15, 0.2) is 11.5 Å². The molecule has 0 saturated carbocycles. The highest BCUT2D eigenvalue weighted by atomic mass is 79.9. The van der Waals surface area contributed by atoms with Crippen LogP contribution in [0, 0.1) is 0 Å². The monoisotopic (exact) mass is 495 g/mol. The minimum atomic E-state index is 0.0611. The molecule has 1 heterocycles. The van der Waals surface area contributed by atoms with Gasteiger partial charge in [0.25, 0.3) is 0 Å². The van der Waals surface area contributed by atoms with Gasteiger partial charge in [0.05, 0.1) is 23.5 Å². The molecule has 2 aromatic carbocycles. The molecule has 1 aromatic heterocycles. The lowest BCUT2D eigenvalue weighted by atomic mass is 10.2. The second kappa shape index (κ2) is 8.20. The minimum Gasteiger partial charge on any atom is -0.503 e. The van der Waals surface area contributed by atoms with Crippen LogP contribution in [0.15, 0.2) is 60.8 Å². The van der Waals surface area contributed by atoms with Gasteiger partial charge in [-0.1, -0.05) is 34.1 Å². The van der Waals surface area contributed by atoms with Gasteiger partial charge in [-0.05, 0) is 39.7 Å². The topological polar surface area (TPSA) is 59.1 Å². The summed E-state index contributed by atoms with van der Waals surface area (Å²) in [5, 5.41) is 16.6. The summed E-state index contributed by atoms with van der Waals surface area (Å²) in [6.07, 6.45) is 1.70. The van der Waals surface area contributed by atoms with E-state index in [0.717, 1.165) is 26.1 Å². The van der Waals surface area contributed by atoms with Crippen LogP contribution in [-0.4, -0.2) is 30.2 Å². The Kier molecular flexibility index (Phi) is 5.95. The molecule has 0 aliphatic carbocycles. The normalized spacial score (nSPS) is 12.1. The Hall–Kier alpha value is -1.90. The molecule has 8 heteroatoms. The molecule has 3 aromatic rings. The van der Waals surface area contributed by atoms with E-state index in [4.69, 9.17) is 4.74 Å². The molecule has 0 amide bonds. The van der Waals surface area contributed by atoms with E-state index in [1.54, 1.807) is 30.1 Å². The zero-order chi connectivity index (χ0) is 18.7. The highest BCUT2D eigenvalue weighted by Gasteiger charge is 2.11. The molecule has 0 bridgehead atoms. The van der Waals surface area contributed by atoms with Crippen LogP contribution >= 0.6 is 43.2 Å². The quantitative estimate of drug-likeness (QED) is 0.524. The molecular formula is C18H15Br2N3O2S. The van der Waals surface area contributed by atoms with Gasteiger partial charge in [0.1, 0.15) is 0 Å². The van der Waals surface area contributed by atoms with Gasteiger partial charge in [-0.2, -0.15) is 5.10 Å². The Morgan fingerprint density at radius 1 is 1.19 bits per heavy atom. The van der Waals surface area contributed by atoms with Gasteiger partial charge in [-0.3, -0.25) is 4.99 Å². The maximum absolute atomic E-state index is 9.94. The van der Waals surface area contributed by atoms with Gasteiger partial charge < -0.3 is 9.84 Å². The van der Waals surface area contributed by atoms with Crippen molar-refractivity contribution in [2.24, 2.45) is 10.1 Å². The molecule has 0 aliphatic heterocycles. The summed E-state index contributed by atoms with van der Waals surface area (Å²) >= 11 is 8.43. The lowest BCUT2D eigenvalue weighted by molar-refractivity contribution is 0.372. The van der Waals surface area contributed by atoms with Crippen molar-refractivity contribution in [1.82, 2.24) is 4.68 Å². The zero-order valence-corrected chi connectivity index (χ0v) is 18.0. The lowest BCUT2D eigenvalue weighted by Gasteiger charge is -2.07. The third-order valence-electron chi connectivity index (χ3n) is 3.62. The summed E-state index contributed by atoms with van der Waals surface area (Å²) in [5.41, 5.74) is 2.75. The molecule has 0 spiro atoms. The van der Waals surface area contributed by atoms with E-state index in [0.29, 0.717) is 10.2 Å². The predicted octanol–water partition coefficient (Wildman–Crippen LogP) is 4.87. The van der Waals surface area contributed by atoms with Gasteiger partial charge in [-0.15, -0.1) is 11.3 Å². The fourth-order valence-corrected chi connectivity index (χ4v) is 4.11. The summed E-state index contributed by atoms with van der Waals surface area (Å²) in [7, 11) is 3.25. The molecule has 0 unspecified atom stereocenters. The molecule has 0 fully saturated rings. The number of halogens is 2. The first-order valence-electron chi connectivity index (χ1n) is 7.54. The van der Waals surface area contributed by atoms with Crippen molar-refractivity contribution in [3.8, 4) is 22.8 Å². The SMILES string of the molecule is CN=c1scc(-c2ccccc2Br)n1N=Cc1cc(Br)c(O)c(OC)c1. The number of ether oxygens (including phenoxy) is 1. The van der Waals surface area contributed by atoms with E-state index in [1.807, 2.05) is 29.6 Å². The predicted molar refractivity (Wildman–Crippen MR) is 112 cm³/mol. The summed E-state index contributed by atoms with van der Waals surface area (Å²) < 4.78 is 8.50. The summed E-state index contributed by atoms with van der Waals surface area (Å²) in [6.45, 7) is 0. The average Bonchev–Trinajstić information content (AvgIpc) is 3.05. The molecule has 0 saturated heterocycles. The molecule has 0 atom stereocenters. The lowest BCUT2D eigenvalue weighted by Crippen LogP contribution is -2.11. The van der Waals surface area contributed by atoms with Crippen LogP contribution in [0.1, 0.15) is 5.56 Å². The van der Waals surface area contributed by atoms with E-state index < -0.39 is 0 Å². The van der Waals surface area contributed by atoms with Crippen molar-refractivity contribution in [3.63, 3.8) is 0 Å². The van der Waals surface area contributed by atoms with Crippen LogP contribution in [0.4, 0.5) is 0 Å².